The van der Waals surface area contributed by atoms with Gasteiger partial charge in [0.1, 0.15) is 11.8 Å². The van der Waals surface area contributed by atoms with Crippen molar-refractivity contribution in [3.8, 4) is 0 Å². The van der Waals surface area contributed by atoms with E-state index in [1.54, 1.807) is 6.33 Å². The standard InChI is InChI=1S/C18H16N4O/c1-11-8-14-15-16(23-18(14)22-12(11)2)17(21-10-20-15)19-9-13-6-4-3-5-7-13/h3-8,10H,9H2,1-2H3,(H,19,20,21). The molecule has 0 saturated carbocycles. The highest BCUT2D eigenvalue weighted by atomic mass is 16.3. The highest BCUT2D eigenvalue weighted by Crippen LogP contribution is 2.30. The lowest BCUT2D eigenvalue weighted by atomic mass is 10.2. The number of rotatable bonds is 3. The van der Waals surface area contributed by atoms with Gasteiger partial charge in [0.2, 0.25) is 5.71 Å². The molecule has 0 atom stereocenters. The molecular weight excluding hydrogens is 288 g/mol. The Bertz CT molecular complexity index is 992. The summed E-state index contributed by atoms with van der Waals surface area (Å²) in [6.45, 7) is 4.69. The third kappa shape index (κ3) is 2.40. The molecule has 0 amide bonds. The van der Waals surface area contributed by atoms with Crippen LogP contribution in [0.4, 0.5) is 5.82 Å². The number of nitrogens with zero attached hydrogens (tertiary/aromatic N) is 3. The molecule has 0 aliphatic rings. The van der Waals surface area contributed by atoms with Gasteiger partial charge >= 0.3 is 0 Å². The molecule has 114 valence electrons. The van der Waals surface area contributed by atoms with E-state index in [4.69, 9.17) is 4.42 Å². The van der Waals surface area contributed by atoms with Crippen molar-refractivity contribution in [3.63, 3.8) is 0 Å². The fraction of sp³-hybridized carbons (Fsp3) is 0.167. The van der Waals surface area contributed by atoms with Crippen molar-refractivity contribution in [2.45, 2.75) is 20.4 Å². The molecule has 4 aromatic rings. The van der Waals surface area contributed by atoms with Gasteiger partial charge in [-0.1, -0.05) is 30.3 Å². The summed E-state index contributed by atoms with van der Waals surface area (Å²) in [6, 6.07) is 12.2. The summed E-state index contributed by atoms with van der Waals surface area (Å²) < 4.78 is 5.91. The zero-order chi connectivity index (χ0) is 15.8. The van der Waals surface area contributed by atoms with E-state index >= 15 is 0 Å². The SMILES string of the molecule is Cc1cc2c(nc1C)oc1c(NCc3ccccc3)ncnc12. The summed E-state index contributed by atoms with van der Waals surface area (Å²) in [5.41, 5.74) is 5.31. The first-order chi connectivity index (χ1) is 11.2. The van der Waals surface area contributed by atoms with Crippen LogP contribution in [0.1, 0.15) is 16.8 Å². The van der Waals surface area contributed by atoms with Gasteiger partial charge in [-0.3, -0.25) is 0 Å². The smallest absolute Gasteiger partial charge is 0.229 e. The highest BCUT2D eigenvalue weighted by molar-refractivity contribution is 6.04. The van der Waals surface area contributed by atoms with Gasteiger partial charge in [0.05, 0.1) is 5.39 Å². The summed E-state index contributed by atoms with van der Waals surface area (Å²) in [7, 11) is 0. The van der Waals surface area contributed by atoms with Gasteiger partial charge < -0.3 is 9.73 Å². The number of anilines is 1. The first kappa shape index (κ1) is 13.7. The van der Waals surface area contributed by atoms with Crippen LogP contribution in [-0.2, 0) is 6.54 Å². The summed E-state index contributed by atoms with van der Waals surface area (Å²) in [6.07, 6.45) is 1.56. The lowest BCUT2D eigenvalue weighted by molar-refractivity contribution is 0.650. The molecular formula is C18H16N4O. The number of fused-ring (bicyclic) bond motifs is 3. The summed E-state index contributed by atoms with van der Waals surface area (Å²) in [5.74, 6) is 0.687. The molecule has 0 radical (unpaired) electrons. The Balaban J connectivity index is 1.78. The topological polar surface area (TPSA) is 63.8 Å². The van der Waals surface area contributed by atoms with Crippen LogP contribution in [0, 0.1) is 13.8 Å². The first-order valence-electron chi connectivity index (χ1n) is 7.51. The minimum atomic E-state index is 0.603. The van der Waals surface area contributed by atoms with Crippen molar-refractivity contribution in [2.75, 3.05) is 5.32 Å². The van der Waals surface area contributed by atoms with Gasteiger partial charge in [-0.2, -0.15) is 0 Å². The van der Waals surface area contributed by atoms with Crippen molar-refractivity contribution in [3.05, 3.63) is 59.5 Å². The molecule has 4 rings (SSSR count). The average Bonchev–Trinajstić information content (AvgIpc) is 2.92. The molecule has 0 aliphatic carbocycles. The fourth-order valence-electron chi connectivity index (χ4n) is 2.60. The minimum absolute atomic E-state index is 0.603. The second kappa shape index (κ2) is 5.35. The number of aryl methyl sites for hydroxylation is 2. The molecule has 0 fully saturated rings. The van der Waals surface area contributed by atoms with Gasteiger partial charge in [-0.25, -0.2) is 15.0 Å². The molecule has 0 aliphatic heterocycles. The molecule has 3 heterocycles. The molecule has 5 nitrogen and oxygen atoms in total. The third-order valence-electron chi connectivity index (χ3n) is 3.99. The van der Waals surface area contributed by atoms with Crippen molar-refractivity contribution >= 4 is 28.0 Å². The number of pyridine rings is 1. The van der Waals surface area contributed by atoms with Crippen LogP contribution in [-0.4, -0.2) is 15.0 Å². The number of nitrogens with one attached hydrogen (secondary N) is 1. The zero-order valence-electron chi connectivity index (χ0n) is 13.0. The normalized spacial score (nSPS) is 11.2. The summed E-state index contributed by atoms with van der Waals surface area (Å²) in [5, 5.41) is 4.25. The van der Waals surface area contributed by atoms with Crippen molar-refractivity contribution in [1.82, 2.24) is 15.0 Å². The minimum Gasteiger partial charge on any atom is -0.432 e. The van der Waals surface area contributed by atoms with E-state index in [9.17, 15) is 0 Å². The molecule has 0 bridgehead atoms. The van der Waals surface area contributed by atoms with E-state index in [1.807, 2.05) is 32.0 Å². The van der Waals surface area contributed by atoms with Crippen LogP contribution < -0.4 is 5.32 Å². The van der Waals surface area contributed by atoms with Gasteiger partial charge in [0.15, 0.2) is 11.4 Å². The van der Waals surface area contributed by atoms with Crippen LogP contribution in [0.15, 0.2) is 47.1 Å². The second-order valence-electron chi connectivity index (χ2n) is 5.58. The van der Waals surface area contributed by atoms with Gasteiger partial charge in [-0.05, 0) is 31.0 Å². The Kier molecular flexibility index (Phi) is 3.19. The predicted molar refractivity (Wildman–Crippen MR) is 90.3 cm³/mol. The maximum atomic E-state index is 5.91. The van der Waals surface area contributed by atoms with Crippen LogP contribution in [0.5, 0.6) is 0 Å². The molecule has 5 heteroatoms. The third-order valence-corrected chi connectivity index (χ3v) is 3.99. The van der Waals surface area contributed by atoms with E-state index in [0.29, 0.717) is 23.7 Å². The van der Waals surface area contributed by atoms with E-state index in [0.717, 1.165) is 22.2 Å². The molecule has 1 N–H and O–H groups in total. The van der Waals surface area contributed by atoms with Crippen molar-refractivity contribution in [2.24, 2.45) is 0 Å². The van der Waals surface area contributed by atoms with Gasteiger partial charge in [-0.15, -0.1) is 0 Å². The predicted octanol–water partition coefficient (Wildman–Crippen LogP) is 4.00. The van der Waals surface area contributed by atoms with Crippen LogP contribution in [0.2, 0.25) is 0 Å². The quantitative estimate of drug-likeness (QED) is 0.620. The van der Waals surface area contributed by atoms with Gasteiger partial charge in [0, 0.05) is 12.2 Å². The van der Waals surface area contributed by atoms with E-state index in [2.05, 4.69) is 38.5 Å². The highest BCUT2D eigenvalue weighted by Gasteiger charge is 2.15. The van der Waals surface area contributed by atoms with E-state index in [-0.39, 0.29) is 0 Å². The van der Waals surface area contributed by atoms with Crippen molar-refractivity contribution in [1.29, 1.82) is 0 Å². The van der Waals surface area contributed by atoms with E-state index < -0.39 is 0 Å². The number of furan rings is 1. The molecule has 0 spiro atoms. The molecule has 23 heavy (non-hydrogen) atoms. The monoisotopic (exact) mass is 304 g/mol. The molecule has 3 aromatic heterocycles. The molecule has 1 aromatic carbocycles. The van der Waals surface area contributed by atoms with Crippen LogP contribution in [0.25, 0.3) is 22.2 Å². The summed E-state index contributed by atoms with van der Waals surface area (Å²) >= 11 is 0. The van der Waals surface area contributed by atoms with Crippen LogP contribution in [0.3, 0.4) is 0 Å². The number of benzene rings is 1. The lowest BCUT2D eigenvalue weighted by Crippen LogP contribution is -2.01. The average molecular weight is 304 g/mol. The van der Waals surface area contributed by atoms with E-state index in [1.165, 1.54) is 5.56 Å². The first-order valence-corrected chi connectivity index (χ1v) is 7.51. The Morgan fingerprint density at radius 2 is 1.91 bits per heavy atom. The summed E-state index contributed by atoms with van der Waals surface area (Å²) in [4.78, 5) is 13.2. The maximum Gasteiger partial charge on any atom is 0.229 e. The Morgan fingerprint density at radius 3 is 2.74 bits per heavy atom. The zero-order valence-corrected chi connectivity index (χ0v) is 13.0. The number of aromatic nitrogens is 3. The van der Waals surface area contributed by atoms with Crippen molar-refractivity contribution < 1.29 is 4.42 Å². The Morgan fingerprint density at radius 1 is 1.09 bits per heavy atom. The molecule has 0 saturated heterocycles. The fourth-order valence-corrected chi connectivity index (χ4v) is 2.60. The van der Waals surface area contributed by atoms with Gasteiger partial charge in [0.25, 0.3) is 0 Å². The van der Waals surface area contributed by atoms with Crippen LogP contribution >= 0.6 is 0 Å². The lowest BCUT2D eigenvalue weighted by Gasteiger charge is -2.05. The second-order valence-corrected chi connectivity index (χ2v) is 5.58. The Hall–Kier alpha value is -2.95. The maximum absolute atomic E-state index is 5.91. The largest absolute Gasteiger partial charge is 0.432 e. The number of hydrogen-bond donors (Lipinski definition) is 1. The number of hydrogen-bond acceptors (Lipinski definition) is 5. The Labute approximate surface area is 133 Å². The molecule has 0 unspecified atom stereocenters.